The molecule has 36 heavy (non-hydrogen) atoms. The molecule has 1 saturated heterocycles. The van der Waals surface area contributed by atoms with Crippen LogP contribution in [0.4, 0.5) is 18.0 Å². The molecule has 3 unspecified atom stereocenters. The third-order valence-electron chi connectivity index (χ3n) is 8.01. The summed E-state index contributed by atoms with van der Waals surface area (Å²) >= 11 is 0. The monoisotopic (exact) mass is 534 g/mol. The van der Waals surface area contributed by atoms with Crippen LogP contribution in [-0.2, 0) is 24.9 Å². The molecule has 0 bridgehead atoms. The zero-order valence-electron chi connectivity index (χ0n) is 20.7. The van der Waals surface area contributed by atoms with Crippen molar-refractivity contribution in [2.24, 2.45) is 11.8 Å². The number of sulfonamides is 1. The minimum atomic E-state index is -3.59. The van der Waals surface area contributed by atoms with Gasteiger partial charge in [0.25, 0.3) is 6.43 Å². The minimum absolute atomic E-state index is 0.0293. The Labute approximate surface area is 209 Å². The van der Waals surface area contributed by atoms with Crippen LogP contribution in [0, 0.1) is 17.7 Å². The van der Waals surface area contributed by atoms with E-state index < -0.39 is 52.6 Å². The molecule has 2 heterocycles. The summed E-state index contributed by atoms with van der Waals surface area (Å²) in [6.07, 6.45) is 0.387. The maximum absolute atomic E-state index is 13.3. The van der Waals surface area contributed by atoms with E-state index in [-0.39, 0.29) is 24.0 Å². The highest BCUT2D eigenvalue weighted by molar-refractivity contribution is 7.88. The first kappa shape index (κ1) is 27.1. The number of nitrogens with one attached hydrogen (secondary N) is 1. The van der Waals surface area contributed by atoms with Crippen molar-refractivity contribution in [1.82, 2.24) is 19.6 Å². The first-order valence-corrected chi connectivity index (χ1v) is 14.1. The van der Waals surface area contributed by atoms with Crippen LogP contribution in [0.2, 0.25) is 0 Å². The Hall–Kier alpha value is -1.99. The summed E-state index contributed by atoms with van der Waals surface area (Å²) in [5.41, 5.74) is -0.197. The summed E-state index contributed by atoms with van der Waals surface area (Å²) in [6, 6.07) is -1.79. The second-order valence-corrected chi connectivity index (χ2v) is 12.1. The molecular formula is C23H33F3N4O5S. The molecule has 3 aliphatic rings. The summed E-state index contributed by atoms with van der Waals surface area (Å²) in [6.45, 7) is 4.97. The molecule has 9 nitrogen and oxygen atoms in total. The summed E-state index contributed by atoms with van der Waals surface area (Å²) < 4.78 is 76.8. The molecule has 8 atom stereocenters. The van der Waals surface area contributed by atoms with E-state index in [9.17, 15) is 26.4 Å². The summed E-state index contributed by atoms with van der Waals surface area (Å²) in [5, 5.41) is 0. The standard InChI is InChI=1S/C23H33F3N4O5S/c1-12-7-18(29-36(4,32)33)19(30(12)22(31)35-14(3)20(25)26)11-34-16-5-6-23(13(2)17(23)8-16)21-27-9-15(24)10-28-21/h9-10,12-14,16-20,29H,5-8,11H2,1-4H3/t12-,13?,14?,16+,17?,18+,19+,23-/m1/s1. The number of fused-ring (bicyclic) bond motifs is 1. The Balaban J connectivity index is 1.43. The highest BCUT2D eigenvalue weighted by Crippen LogP contribution is 2.66. The van der Waals surface area contributed by atoms with Gasteiger partial charge in [0.1, 0.15) is 5.82 Å². The van der Waals surface area contributed by atoms with Crippen molar-refractivity contribution in [3.8, 4) is 0 Å². The lowest BCUT2D eigenvalue weighted by Crippen LogP contribution is -2.51. The number of carbonyl (C=O) groups excluding carboxylic acids is 1. The smallest absolute Gasteiger partial charge is 0.410 e. The van der Waals surface area contributed by atoms with Gasteiger partial charge in [0.15, 0.2) is 11.9 Å². The van der Waals surface area contributed by atoms with Gasteiger partial charge >= 0.3 is 6.09 Å². The fourth-order valence-corrected chi connectivity index (χ4v) is 6.92. The maximum Gasteiger partial charge on any atom is 0.410 e. The molecule has 0 aromatic carbocycles. The fraction of sp³-hybridized carbons (Fsp3) is 0.783. The Kier molecular flexibility index (Phi) is 7.55. The van der Waals surface area contributed by atoms with E-state index >= 15 is 0 Å². The molecule has 0 spiro atoms. The van der Waals surface area contributed by atoms with Crippen LogP contribution in [0.25, 0.3) is 0 Å². The van der Waals surface area contributed by atoms with E-state index in [0.717, 1.165) is 26.0 Å². The van der Waals surface area contributed by atoms with Crippen LogP contribution in [0.5, 0.6) is 0 Å². The summed E-state index contributed by atoms with van der Waals surface area (Å²) in [4.78, 5) is 22.5. The lowest BCUT2D eigenvalue weighted by Gasteiger charge is -2.33. The number of aromatic nitrogens is 2. The van der Waals surface area contributed by atoms with Crippen LogP contribution in [0.3, 0.4) is 0 Å². The molecule has 1 amide bonds. The van der Waals surface area contributed by atoms with Crippen molar-refractivity contribution in [2.45, 2.75) is 88.6 Å². The van der Waals surface area contributed by atoms with Crippen molar-refractivity contribution < 1.29 is 35.9 Å². The third-order valence-corrected chi connectivity index (χ3v) is 8.75. The van der Waals surface area contributed by atoms with Crippen LogP contribution in [0.15, 0.2) is 12.4 Å². The minimum Gasteiger partial charge on any atom is -0.440 e. The molecular weight excluding hydrogens is 501 g/mol. The normalized spacial score (nSPS) is 34.9. The van der Waals surface area contributed by atoms with Crippen molar-refractivity contribution in [3.05, 3.63) is 24.0 Å². The van der Waals surface area contributed by atoms with E-state index in [1.165, 1.54) is 17.3 Å². The molecule has 202 valence electrons. The maximum atomic E-state index is 13.3. The van der Waals surface area contributed by atoms with Crippen molar-refractivity contribution >= 4 is 16.1 Å². The van der Waals surface area contributed by atoms with Gasteiger partial charge in [-0.05, 0) is 51.4 Å². The summed E-state index contributed by atoms with van der Waals surface area (Å²) in [5.74, 6) is 0.738. The lowest BCUT2D eigenvalue weighted by molar-refractivity contribution is -0.0391. The van der Waals surface area contributed by atoms with E-state index in [1.807, 2.05) is 0 Å². The largest absolute Gasteiger partial charge is 0.440 e. The number of nitrogens with zero attached hydrogens (tertiary/aromatic N) is 3. The number of hydrogen-bond donors (Lipinski definition) is 1. The molecule has 4 rings (SSSR count). The Morgan fingerprint density at radius 3 is 2.53 bits per heavy atom. The zero-order chi connectivity index (χ0) is 26.4. The van der Waals surface area contributed by atoms with Gasteiger partial charge < -0.3 is 9.47 Å². The Bertz CT molecular complexity index is 1060. The number of amides is 1. The molecule has 1 N–H and O–H groups in total. The van der Waals surface area contributed by atoms with Crippen LogP contribution < -0.4 is 4.72 Å². The first-order chi connectivity index (χ1) is 16.8. The number of rotatable bonds is 8. The van der Waals surface area contributed by atoms with Crippen molar-refractivity contribution in [1.29, 1.82) is 0 Å². The van der Waals surface area contributed by atoms with Gasteiger partial charge in [-0.15, -0.1) is 0 Å². The topological polar surface area (TPSA) is 111 Å². The highest BCUT2D eigenvalue weighted by atomic mass is 32.2. The number of ether oxygens (including phenoxy) is 2. The highest BCUT2D eigenvalue weighted by Gasteiger charge is 2.66. The van der Waals surface area contributed by atoms with Gasteiger partial charge in [-0.25, -0.2) is 41.1 Å². The number of alkyl halides is 2. The quantitative estimate of drug-likeness (QED) is 0.546. The SMILES string of the molecule is CC(OC(=O)N1[C@H](C)C[C@H](NS(C)(=O)=O)[C@@H]1CO[C@H]1CC[C@@]2(c3ncc(F)cn3)C(C)C2C1)C(F)F. The summed E-state index contributed by atoms with van der Waals surface area (Å²) in [7, 11) is -3.59. The van der Waals surface area contributed by atoms with Gasteiger partial charge in [-0.1, -0.05) is 6.92 Å². The van der Waals surface area contributed by atoms with Gasteiger partial charge in [0.05, 0.1) is 37.4 Å². The van der Waals surface area contributed by atoms with E-state index in [2.05, 4.69) is 21.6 Å². The average Bonchev–Trinajstić information content (AvgIpc) is 3.26. The second-order valence-electron chi connectivity index (χ2n) is 10.4. The van der Waals surface area contributed by atoms with E-state index in [4.69, 9.17) is 9.47 Å². The molecule has 1 aliphatic heterocycles. The molecule has 3 fully saturated rings. The van der Waals surface area contributed by atoms with E-state index in [1.54, 1.807) is 6.92 Å². The number of carbonyl (C=O) groups is 1. The number of halogens is 3. The predicted octanol–water partition coefficient (Wildman–Crippen LogP) is 2.86. The van der Waals surface area contributed by atoms with Crippen molar-refractivity contribution in [2.75, 3.05) is 12.9 Å². The predicted molar refractivity (Wildman–Crippen MR) is 123 cm³/mol. The Morgan fingerprint density at radius 2 is 1.94 bits per heavy atom. The van der Waals surface area contributed by atoms with Gasteiger partial charge in [0.2, 0.25) is 10.0 Å². The van der Waals surface area contributed by atoms with Gasteiger partial charge in [-0.3, -0.25) is 4.90 Å². The molecule has 0 radical (unpaired) electrons. The van der Waals surface area contributed by atoms with Gasteiger partial charge in [0, 0.05) is 17.5 Å². The molecule has 2 saturated carbocycles. The van der Waals surface area contributed by atoms with Crippen LogP contribution in [-0.4, -0.2) is 79.0 Å². The molecule has 1 aromatic rings. The lowest BCUT2D eigenvalue weighted by atomic mass is 9.85. The zero-order valence-corrected chi connectivity index (χ0v) is 21.6. The number of likely N-dealkylation sites (tertiary alicyclic amines) is 1. The second kappa shape index (κ2) is 10.1. The first-order valence-electron chi connectivity index (χ1n) is 12.2. The molecule has 1 aromatic heterocycles. The van der Waals surface area contributed by atoms with Crippen LogP contribution >= 0.6 is 0 Å². The fourth-order valence-electron chi connectivity index (χ4n) is 6.12. The van der Waals surface area contributed by atoms with Crippen LogP contribution in [0.1, 0.15) is 52.3 Å². The van der Waals surface area contributed by atoms with Gasteiger partial charge in [-0.2, -0.15) is 0 Å². The Morgan fingerprint density at radius 1 is 1.28 bits per heavy atom. The molecule has 13 heteroatoms. The molecule has 2 aliphatic carbocycles. The average molecular weight is 535 g/mol. The third kappa shape index (κ3) is 5.33. The van der Waals surface area contributed by atoms with E-state index in [0.29, 0.717) is 24.6 Å². The van der Waals surface area contributed by atoms with Crippen molar-refractivity contribution in [3.63, 3.8) is 0 Å². The number of hydrogen-bond acceptors (Lipinski definition) is 7.